The molecular weight excluding hydrogens is 286 g/mol. The molecule has 0 aromatic carbocycles. The van der Waals surface area contributed by atoms with E-state index < -0.39 is 10.0 Å². The second-order valence-corrected chi connectivity index (χ2v) is 6.72. The summed E-state index contributed by atoms with van der Waals surface area (Å²) in [5.74, 6) is 0.495. The molecule has 108 valence electrons. The minimum atomic E-state index is -3.55. The number of nitrogens with zero attached hydrogens (tertiary/aromatic N) is 2. The first kappa shape index (κ1) is 16.2. The summed E-state index contributed by atoms with van der Waals surface area (Å²) in [6.45, 7) is 6.39. The van der Waals surface area contributed by atoms with Crippen LogP contribution in [0.3, 0.4) is 0 Å². The van der Waals surface area contributed by atoms with Gasteiger partial charge in [-0.25, -0.2) is 13.4 Å². The Labute approximate surface area is 120 Å². The van der Waals surface area contributed by atoms with E-state index in [9.17, 15) is 8.42 Å². The number of halogens is 1. The van der Waals surface area contributed by atoms with Gasteiger partial charge in [0.25, 0.3) is 0 Å². The van der Waals surface area contributed by atoms with Crippen LogP contribution in [0.15, 0.2) is 17.2 Å². The fourth-order valence-electron chi connectivity index (χ4n) is 1.52. The van der Waals surface area contributed by atoms with Crippen molar-refractivity contribution < 1.29 is 8.42 Å². The van der Waals surface area contributed by atoms with Gasteiger partial charge in [-0.1, -0.05) is 18.5 Å². The number of aromatic nitrogens is 1. The Bertz CT molecular complexity index is 534. The lowest BCUT2D eigenvalue weighted by atomic mass is 10.3. The topological polar surface area (TPSA) is 62.3 Å². The number of hydrogen-bond donors (Lipinski definition) is 1. The summed E-state index contributed by atoms with van der Waals surface area (Å²) in [5, 5.41) is 3.27. The SMILES string of the molecule is CCNc1ncc(S(=O)(=O)N(C)C(C)CC)cc1Cl. The zero-order valence-corrected chi connectivity index (χ0v) is 13.2. The van der Waals surface area contributed by atoms with E-state index in [1.165, 1.54) is 16.6 Å². The molecule has 1 aromatic heterocycles. The van der Waals surface area contributed by atoms with Crippen LogP contribution in [-0.2, 0) is 10.0 Å². The van der Waals surface area contributed by atoms with Crippen molar-refractivity contribution in [3.05, 3.63) is 17.3 Å². The smallest absolute Gasteiger partial charge is 0.244 e. The summed E-state index contributed by atoms with van der Waals surface area (Å²) in [4.78, 5) is 4.17. The van der Waals surface area contributed by atoms with Crippen LogP contribution < -0.4 is 5.32 Å². The first-order valence-corrected chi connectivity index (χ1v) is 8.03. The van der Waals surface area contributed by atoms with Crippen LogP contribution in [0.4, 0.5) is 5.82 Å². The van der Waals surface area contributed by atoms with Gasteiger partial charge < -0.3 is 5.32 Å². The molecule has 0 aliphatic carbocycles. The lowest BCUT2D eigenvalue weighted by molar-refractivity contribution is 0.380. The number of hydrogen-bond acceptors (Lipinski definition) is 4. The van der Waals surface area contributed by atoms with Gasteiger partial charge in [-0.05, 0) is 26.3 Å². The minimum Gasteiger partial charge on any atom is -0.369 e. The monoisotopic (exact) mass is 305 g/mol. The number of pyridine rings is 1. The fraction of sp³-hybridized carbons (Fsp3) is 0.583. The molecule has 0 aliphatic rings. The van der Waals surface area contributed by atoms with Gasteiger partial charge in [-0.2, -0.15) is 4.31 Å². The molecule has 0 spiro atoms. The minimum absolute atomic E-state index is 0.0720. The van der Waals surface area contributed by atoms with Gasteiger partial charge in [0.2, 0.25) is 10.0 Å². The molecule has 0 aliphatic heterocycles. The molecule has 0 saturated heterocycles. The van der Waals surface area contributed by atoms with Crippen LogP contribution in [0, 0.1) is 0 Å². The van der Waals surface area contributed by atoms with Crippen molar-refractivity contribution in [2.75, 3.05) is 18.9 Å². The fourth-order valence-corrected chi connectivity index (χ4v) is 3.23. The van der Waals surface area contributed by atoms with Gasteiger partial charge in [0.15, 0.2) is 0 Å². The van der Waals surface area contributed by atoms with Crippen LogP contribution in [0.1, 0.15) is 27.2 Å². The summed E-state index contributed by atoms with van der Waals surface area (Å²) in [7, 11) is -1.98. The van der Waals surface area contributed by atoms with Gasteiger partial charge in [0, 0.05) is 25.8 Å². The molecule has 1 rings (SSSR count). The average Bonchev–Trinajstić information content (AvgIpc) is 2.39. The largest absolute Gasteiger partial charge is 0.369 e. The zero-order chi connectivity index (χ0) is 14.6. The maximum Gasteiger partial charge on any atom is 0.244 e. The van der Waals surface area contributed by atoms with E-state index in [0.717, 1.165) is 6.42 Å². The highest BCUT2D eigenvalue weighted by atomic mass is 35.5. The number of sulfonamides is 1. The standard InChI is InChI=1S/C12H20ClN3O2S/c1-5-9(3)16(4)19(17,18)10-7-11(13)12(14-6-2)15-8-10/h7-9H,5-6H2,1-4H3,(H,14,15). The van der Waals surface area contributed by atoms with Crippen LogP contribution in [0.25, 0.3) is 0 Å². The maximum absolute atomic E-state index is 12.4. The molecule has 0 radical (unpaired) electrons. The Morgan fingerprint density at radius 3 is 2.58 bits per heavy atom. The van der Waals surface area contributed by atoms with Gasteiger partial charge >= 0.3 is 0 Å². The molecule has 0 saturated carbocycles. The van der Waals surface area contributed by atoms with E-state index in [-0.39, 0.29) is 10.9 Å². The highest BCUT2D eigenvalue weighted by molar-refractivity contribution is 7.89. The van der Waals surface area contributed by atoms with Crippen molar-refractivity contribution >= 4 is 27.4 Å². The lowest BCUT2D eigenvalue weighted by Crippen LogP contribution is -2.34. The first-order chi connectivity index (χ1) is 8.84. The highest BCUT2D eigenvalue weighted by Crippen LogP contribution is 2.25. The second kappa shape index (κ2) is 6.54. The Morgan fingerprint density at radius 1 is 1.47 bits per heavy atom. The molecule has 1 aromatic rings. The van der Waals surface area contributed by atoms with Crippen molar-refractivity contribution in [3.63, 3.8) is 0 Å². The van der Waals surface area contributed by atoms with Crippen LogP contribution >= 0.6 is 11.6 Å². The molecule has 19 heavy (non-hydrogen) atoms. The molecule has 0 bridgehead atoms. The third kappa shape index (κ3) is 3.58. The van der Waals surface area contributed by atoms with E-state index in [4.69, 9.17) is 11.6 Å². The predicted molar refractivity (Wildman–Crippen MR) is 78.1 cm³/mol. The van der Waals surface area contributed by atoms with Crippen molar-refractivity contribution in [3.8, 4) is 0 Å². The van der Waals surface area contributed by atoms with Gasteiger partial charge in [0.05, 0.1) is 5.02 Å². The molecule has 1 heterocycles. The van der Waals surface area contributed by atoms with E-state index in [2.05, 4.69) is 10.3 Å². The van der Waals surface area contributed by atoms with Crippen LogP contribution in [0.5, 0.6) is 0 Å². The summed E-state index contributed by atoms with van der Waals surface area (Å²) >= 11 is 6.02. The summed E-state index contributed by atoms with van der Waals surface area (Å²) in [6, 6.07) is 1.36. The number of nitrogens with one attached hydrogen (secondary N) is 1. The molecule has 7 heteroatoms. The quantitative estimate of drug-likeness (QED) is 0.877. The number of rotatable bonds is 6. The number of anilines is 1. The third-order valence-corrected chi connectivity index (χ3v) is 5.27. The Balaban J connectivity index is 3.12. The molecule has 1 N–H and O–H groups in total. The van der Waals surface area contributed by atoms with Crippen molar-refractivity contribution in [1.29, 1.82) is 0 Å². The van der Waals surface area contributed by atoms with Gasteiger partial charge in [-0.15, -0.1) is 0 Å². The Hall–Kier alpha value is -0.850. The van der Waals surface area contributed by atoms with Crippen molar-refractivity contribution in [2.24, 2.45) is 0 Å². The van der Waals surface area contributed by atoms with Gasteiger partial charge in [-0.3, -0.25) is 0 Å². The van der Waals surface area contributed by atoms with E-state index in [0.29, 0.717) is 17.4 Å². The van der Waals surface area contributed by atoms with Crippen molar-refractivity contribution in [1.82, 2.24) is 9.29 Å². The van der Waals surface area contributed by atoms with Gasteiger partial charge in [0.1, 0.15) is 10.7 Å². The zero-order valence-electron chi connectivity index (χ0n) is 11.6. The summed E-state index contributed by atoms with van der Waals surface area (Å²) in [5.41, 5.74) is 0. The molecular formula is C12H20ClN3O2S. The molecule has 1 atom stereocenters. The average molecular weight is 306 g/mol. The van der Waals surface area contributed by atoms with Crippen LogP contribution in [0.2, 0.25) is 5.02 Å². The molecule has 5 nitrogen and oxygen atoms in total. The summed E-state index contributed by atoms with van der Waals surface area (Å²) in [6.07, 6.45) is 2.07. The Kier molecular flexibility index (Phi) is 5.58. The molecule has 1 unspecified atom stereocenters. The van der Waals surface area contributed by atoms with E-state index in [1.807, 2.05) is 20.8 Å². The normalized spacial score (nSPS) is 13.6. The highest BCUT2D eigenvalue weighted by Gasteiger charge is 2.25. The Morgan fingerprint density at radius 2 is 2.11 bits per heavy atom. The maximum atomic E-state index is 12.4. The first-order valence-electron chi connectivity index (χ1n) is 6.22. The van der Waals surface area contributed by atoms with Crippen molar-refractivity contribution in [2.45, 2.75) is 38.1 Å². The van der Waals surface area contributed by atoms with E-state index >= 15 is 0 Å². The van der Waals surface area contributed by atoms with Crippen LogP contribution in [-0.4, -0.2) is 37.3 Å². The predicted octanol–water partition coefficient (Wildman–Crippen LogP) is 2.59. The lowest BCUT2D eigenvalue weighted by Gasteiger charge is -2.23. The molecule has 0 amide bonds. The third-order valence-electron chi connectivity index (χ3n) is 3.05. The molecule has 0 fully saturated rings. The second-order valence-electron chi connectivity index (χ2n) is 4.31. The van der Waals surface area contributed by atoms with E-state index in [1.54, 1.807) is 7.05 Å². The summed E-state index contributed by atoms with van der Waals surface area (Å²) < 4.78 is 26.1.